The molecule has 2 rings (SSSR count). The summed E-state index contributed by atoms with van der Waals surface area (Å²) >= 11 is 0. The average molecular weight is 212 g/mol. The Bertz CT molecular complexity index is 251. The molecular formula is C11H20N2O2. The first-order valence-electron chi connectivity index (χ1n) is 5.86. The molecule has 2 fully saturated rings. The summed E-state index contributed by atoms with van der Waals surface area (Å²) in [5, 5.41) is 3.38. The van der Waals surface area contributed by atoms with Gasteiger partial charge < -0.3 is 9.64 Å². The predicted molar refractivity (Wildman–Crippen MR) is 57.4 cm³/mol. The van der Waals surface area contributed by atoms with E-state index in [1.807, 2.05) is 11.8 Å². The minimum absolute atomic E-state index is 0.162. The van der Waals surface area contributed by atoms with Gasteiger partial charge in [0, 0.05) is 19.8 Å². The van der Waals surface area contributed by atoms with Crippen molar-refractivity contribution in [3.63, 3.8) is 0 Å². The molecule has 1 aliphatic heterocycles. The summed E-state index contributed by atoms with van der Waals surface area (Å²) in [5.41, 5.74) is -0.162. The number of hydrogen-bond acceptors (Lipinski definition) is 3. The third-order valence-corrected chi connectivity index (χ3v) is 3.26. The Kier molecular flexibility index (Phi) is 2.98. The van der Waals surface area contributed by atoms with Crippen molar-refractivity contribution in [2.75, 3.05) is 19.8 Å². The van der Waals surface area contributed by atoms with Gasteiger partial charge in [0.05, 0.1) is 11.7 Å². The molecule has 15 heavy (non-hydrogen) atoms. The van der Waals surface area contributed by atoms with E-state index in [4.69, 9.17) is 4.74 Å². The van der Waals surface area contributed by atoms with E-state index in [2.05, 4.69) is 12.2 Å². The number of carbonyl (C=O) groups excluding carboxylic acids is 1. The molecule has 1 unspecified atom stereocenters. The molecule has 4 nitrogen and oxygen atoms in total. The second-order valence-electron chi connectivity index (χ2n) is 4.45. The Labute approximate surface area is 91.0 Å². The van der Waals surface area contributed by atoms with Gasteiger partial charge in [-0.05, 0) is 33.1 Å². The fourth-order valence-corrected chi connectivity index (χ4v) is 2.25. The SMILES string of the molecule is CCOCCCN1C(=O)C2(CC2)NC1C. The first kappa shape index (κ1) is 10.9. The van der Waals surface area contributed by atoms with Crippen molar-refractivity contribution in [2.24, 2.45) is 0 Å². The fraction of sp³-hybridized carbons (Fsp3) is 0.909. The van der Waals surface area contributed by atoms with Gasteiger partial charge in [-0.3, -0.25) is 10.1 Å². The fourth-order valence-electron chi connectivity index (χ4n) is 2.25. The molecule has 1 spiro atoms. The van der Waals surface area contributed by atoms with Crippen molar-refractivity contribution in [3.8, 4) is 0 Å². The van der Waals surface area contributed by atoms with Gasteiger partial charge in [-0.2, -0.15) is 0 Å². The lowest BCUT2D eigenvalue weighted by Crippen LogP contribution is -2.35. The third-order valence-electron chi connectivity index (χ3n) is 3.26. The number of nitrogens with one attached hydrogen (secondary N) is 1. The molecule has 1 saturated carbocycles. The summed E-state index contributed by atoms with van der Waals surface area (Å²) in [5.74, 6) is 0.298. The average Bonchev–Trinajstić information content (AvgIpc) is 2.93. The molecule has 1 aliphatic carbocycles. The van der Waals surface area contributed by atoms with Crippen molar-refractivity contribution >= 4 is 5.91 Å². The van der Waals surface area contributed by atoms with Gasteiger partial charge in [0.25, 0.3) is 0 Å². The second kappa shape index (κ2) is 4.10. The maximum Gasteiger partial charge on any atom is 0.244 e. The molecule has 1 atom stereocenters. The summed E-state index contributed by atoms with van der Waals surface area (Å²) < 4.78 is 5.27. The summed E-state index contributed by atoms with van der Waals surface area (Å²) in [7, 11) is 0. The molecule has 0 aromatic rings. The second-order valence-corrected chi connectivity index (χ2v) is 4.45. The van der Waals surface area contributed by atoms with Crippen LogP contribution in [0.2, 0.25) is 0 Å². The molecule has 1 saturated heterocycles. The zero-order valence-electron chi connectivity index (χ0n) is 9.58. The van der Waals surface area contributed by atoms with Crippen molar-refractivity contribution in [1.29, 1.82) is 0 Å². The Hall–Kier alpha value is -0.610. The number of nitrogens with zero attached hydrogens (tertiary/aromatic N) is 1. The lowest BCUT2D eigenvalue weighted by atomic mass is 10.2. The van der Waals surface area contributed by atoms with Gasteiger partial charge in [0.2, 0.25) is 5.91 Å². The van der Waals surface area contributed by atoms with Crippen LogP contribution >= 0.6 is 0 Å². The highest BCUT2D eigenvalue weighted by atomic mass is 16.5. The number of carbonyl (C=O) groups is 1. The molecule has 0 radical (unpaired) electrons. The van der Waals surface area contributed by atoms with Crippen molar-refractivity contribution in [1.82, 2.24) is 10.2 Å². The molecule has 0 aromatic carbocycles. The summed E-state index contributed by atoms with van der Waals surface area (Å²) in [6.07, 6.45) is 3.15. The van der Waals surface area contributed by atoms with Crippen LogP contribution in [0.15, 0.2) is 0 Å². The lowest BCUT2D eigenvalue weighted by molar-refractivity contribution is -0.130. The number of ether oxygens (including phenoxy) is 1. The largest absolute Gasteiger partial charge is 0.382 e. The summed E-state index contributed by atoms with van der Waals surface area (Å²) in [6.45, 7) is 6.37. The van der Waals surface area contributed by atoms with Crippen LogP contribution < -0.4 is 5.32 Å². The van der Waals surface area contributed by atoms with Gasteiger partial charge in [0.1, 0.15) is 0 Å². The molecular weight excluding hydrogens is 192 g/mol. The molecule has 1 N–H and O–H groups in total. The maximum atomic E-state index is 12.0. The van der Waals surface area contributed by atoms with Crippen LogP contribution in [0.3, 0.4) is 0 Å². The minimum Gasteiger partial charge on any atom is -0.382 e. The van der Waals surface area contributed by atoms with Crippen molar-refractivity contribution < 1.29 is 9.53 Å². The number of rotatable bonds is 5. The normalized spacial score (nSPS) is 27.7. The number of amides is 1. The first-order valence-corrected chi connectivity index (χ1v) is 5.86. The topological polar surface area (TPSA) is 41.6 Å². The van der Waals surface area contributed by atoms with Crippen LogP contribution in [0.4, 0.5) is 0 Å². The van der Waals surface area contributed by atoms with E-state index in [1.165, 1.54) is 0 Å². The Morgan fingerprint density at radius 1 is 1.60 bits per heavy atom. The standard InChI is InChI=1S/C11H20N2O2/c1-3-15-8-4-7-13-9(2)12-11(5-6-11)10(13)14/h9,12H,3-8H2,1-2H3. The Balaban J connectivity index is 1.79. The van der Waals surface area contributed by atoms with Crippen molar-refractivity contribution in [2.45, 2.75) is 44.8 Å². The molecule has 0 aromatic heterocycles. The van der Waals surface area contributed by atoms with Crippen molar-refractivity contribution in [3.05, 3.63) is 0 Å². The monoisotopic (exact) mass is 212 g/mol. The quantitative estimate of drug-likeness (QED) is 0.683. The third kappa shape index (κ3) is 2.01. The number of hydrogen-bond donors (Lipinski definition) is 1. The lowest BCUT2D eigenvalue weighted by Gasteiger charge is -2.20. The molecule has 1 amide bonds. The zero-order chi connectivity index (χ0) is 10.9. The van der Waals surface area contributed by atoms with Crippen LogP contribution in [-0.2, 0) is 9.53 Å². The summed E-state index contributed by atoms with van der Waals surface area (Å²) in [4.78, 5) is 13.9. The van der Waals surface area contributed by atoms with E-state index >= 15 is 0 Å². The summed E-state index contributed by atoms with van der Waals surface area (Å²) in [6, 6.07) is 0. The van der Waals surface area contributed by atoms with Crippen LogP contribution in [0, 0.1) is 0 Å². The van der Waals surface area contributed by atoms with Crippen LogP contribution in [0.25, 0.3) is 0 Å². The molecule has 4 heteroatoms. The van der Waals surface area contributed by atoms with Crippen LogP contribution in [0.1, 0.15) is 33.1 Å². The Morgan fingerprint density at radius 2 is 2.33 bits per heavy atom. The maximum absolute atomic E-state index is 12.0. The van der Waals surface area contributed by atoms with Crippen LogP contribution in [0.5, 0.6) is 0 Å². The van der Waals surface area contributed by atoms with Gasteiger partial charge in [0.15, 0.2) is 0 Å². The molecule has 86 valence electrons. The van der Waals surface area contributed by atoms with E-state index in [1.54, 1.807) is 0 Å². The van der Waals surface area contributed by atoms with Crippen LogP contribution in [-0.4, -0.2) is 42.3 Å². The Morgan fingerprint density at radius 3 is 2.87 bits per heavy atom. The van der Waals surface area contributed by atoms with Gasteiger partial charge in [-0.1, -0.05) is 0 Å². The van der Waals surface area contributed by atoms with E-state index in [-0.39, 0.29) is 11.7 Å². The predicted octanol–water partition coefficient (Wildman–Crippen LogP) is 0.723. The zero-order valence-corrected chi connectivity index (χ0v) is 9.58. The van der Waals surface area contributed by atoms with E-state index < -0.39 is 0 Å². The minimum atomic E-state index is -0.162. The molecule has 0 bridgehead atoms. The molecule has 1 heterocycles. The van der Waals surface area contributed by atoms with Gasteiger partial charge in [-0.25, -0.2) is 0 Å². The van der Waals surface area contributed by atoms with Gasteiger partial charge in [-0.15, -0.1) is 0 Å². The van der Waals surface area contributed by atoms with E-state index in [0.29, 0.717) is 5.91 Å². The highest BCUT2D eigenvalue weighted by molar-refractivity contribution is 5.91. The van der Waals surface area contributed by atoms with E-state index in [0.717, 1.165) is 39.0 Å². The van der Waals surface area contributed by atoms with E-state index in [9.17, 15) is 4.79 Å². The highest BCUT2D eigenvalue weighted by Gasteiger charge is 2.57. The van der Waals surface area contributed by atoms with Gasteiger partial charge >= 0.3 is 0 Å². The highest BCUT2D eigenvalue weighted by Crippen LogP contribution is 2.41. The first-order chi connectivity index (χ1) is 7.19. The smallest absolute Gasteiger partial charge is 0.244 e. The molecule has 2 aliphatic rings.